The van der Waals surface area contributed by atoms with Crippen molar-refractivity contribution in [2.45, 2.75) is 32.9 Å². The van der Waals surface area contributed by atoms with Gasteiger partial charge in [-0.3, -0.25) is 4.79 Å². The van der Waals surface area contributed by atoms with E-state index in [1.54, 1.807) is 6.07 Å². The van der Waals surface area contributed by atoms with Gasteiger partial charge in [-0.1, -0.05) is 0 Å². The van der Waals surface area contributed by atoms with E-state index in [0.717, 1.165) is 0 Å². The fourth-order valence-corrected chi connectivity index (χ4v) is 1.24. The predicted octanol–water partition coefficient (Wildman–Crippen LogP) is 0.640. The maximum absolute atomic E-state index is 11.5. The van der Waals surface area contributed by atoms with Gasteiger partial charge in [0.25, 0.3) is 5.56 Å². The summed E-state index contributed by atoms with van der Waals surface area (Å²) in [7, 11) is 1.53. The average molecular weight is 225 g/mol. The van der Waals surface area contributed by atoms with Crippen molar-refractivity contribution in [1.29, 1.82) is 0 Å². The summed E-state index contributed by atoms with van der Waals surface area (Å²) in [5.74, 6) is 0.454. The minimum atomic E-state index is -0.114. The van der Waals surface area contributed by atoms with Crippen LogP contribution < -0.4 is 15.6 Å². The van der Waals surface area contributed by atoms with Gasteiger partial charge in [0, 0.05) is 24.2 Å². The molecule has 1 heterocycles. The number of hydrogen-bond donors (Lipinski definition) is 1. The topological polar surface area (TPSA) is 56.1 Å². The first-order valence-electron chi connectivity index (χ1n) is 5.29. The van der Waals surface area contributed by atoms with E-state index in [4.69, 9.17) is 4.74 Å². The molecule has 0 amide bonds. The Morgan fingerprint density at radius 1 is 1.44 bits per heavy atom. The third kappa shape index (κ3) is 4.02. The third-order valence-electron chi connectivity index (χ3n) is 2.03. The fraction of sp³-hybridized carbons (Fsp3) is 0.636. The highest BCUT2D eigenvalue weighted by Crippen LogP contribution is 2.00. The van der Waals surface area contributed by atoms with Crippen molar-refractivity contribution in [3.8, 4) is 5.88 Å². The molecule has 90 valence electrons. The molecule has 0 aromatic carbocycles. The van der Waals surface area contributed by atoms with Crippen molar-refractivity contribution in [2.75, 3.05) is 13.7 Å². The van der Waals surface area contributed by atoms with Crippen molar-refractivity contribution >= 4 is 0 Å². The van der Waals surface area contributed by atoms with E-state index >= 15 is 0 Å². The SMILES string of the molecule is COc1ccc(=O)n(CCNC(C)(C)C)n1. The number of nitrogens with one attached hydrogen (secondary N) is 1. The van der Waals surface area contributed by atoms with E-state index in [0.29, 0.717) is 19.0 Å². The zero-order valence-corrected chi connectivity index (χ0v) is 10.3. The van der Waals surface area contributed by atoms with Crippen molar-refractivity contribution in [3.63, 3.8) is 0 Å². The molecular weight excluding hydrogens is 206 g/mol. The Bertz CT molecular complexity index is 393. The minimum Gasteiger partial charge on any atom is -0.480 e. The molecule has 16 heavy (non-hydrogen) atoms. The van der Waals surface area contributed by atoms with Crippen LogP contribution in [0.2, 0.25) is 0 Å². The lowest BCUT2D eigenvalue weighted by molar-refractivity contribution is 0.363. The van der Waals surface area contributed by atoms with E-state index < -0.39 is 0 Å². The molecule has 0 atom stereocenters. The number of nitrogens with zero attached hydrogens (tertiary/aromatic N) is 2. The van der Waals surface area contributed by atoms with Crippen LogP contribution in [0.3, 0.4) is 0 Å². The van der Waals surface area contributed by atoms with Gasteiger partial charge in [-0.05, 0) is 20.8 Å². The first-order chi connectivity index (χ1) is 7.42. The number of ether oxygens (including phenoxy) is 1. The molecular formula is C11H19N3O2. The van der Waals surface area contributed by atoms with Gasteiger partial charge in [-0.25, -0.2) is 4.68 Å². The molecule has 1 rings (SSSR count). The summed E-state index contributed by atoms with van der Waals surface area (Å²) >= 11 is 0. The minimum absolute atomic E-state index is 0.0441. The van der Waals surface area contributed by atoms with Gasteiger partial charge in [0.05, 0.1) is 13.7 Å². The largest absolute Gasteiger partial charge is 0.480 e. The van der Waals surface area contributed by atoms with Crippen molar-refractivity contribution in [1.82, 2.24) is 15.1 Å². The van der Waals surface area contributed by atoms with Gasteiger partial charge >= 0.3 is 0 Å². The van der Waals surface area contributed by atoms with Gasteiger partial charge in [0.2, 0.25) is 5.88 Å². The Morgan fingerprint density at radius 3 is 2.69 bits per heavy atom. The smallest absolute Gasteiger partial charge is 0.267 e. The summed E-state index contributed by atoms with van der Waals surface area (Å²) in [5.41, 5.74) is -0.0702. The molecule has 0 aliphatic carbocycles. The molecule has 1 aromatic heterocycles. The van der Waals surface area contributed by atoms with Gasteiger partial charge in [0.15, 0.2) is 0 Å². The normalized spacial score (nSPS) is 11.5. The van der Waals surface area contributed by atoms with Crippen LogP contribution in [0.15, 0.2) is 16.9 Å². The highest BCUT2D eigenvalue weighted by molar-refractivity contribution is 5.05. The molecule has 0 spiro atoms. The first-order valence-corrected chi connectivity index (χ1v) is 5.29. The molecule has 0 fully saturated rings. The van der Waals surface area contributed by atoms with Crippen LogP contribution in [0, 0.1) is 0 Å². The summed E-state index contributed by atoms with van der Waals surface area (Å²) in [4.78, 5) is 11.5. The Kier molecular flexibility index (Phi) is 4.06. The van der Waals surface area contributed by atoms with Crippen molar-refractivity contribution in [3.05, 3.63) is 22.5 Å². The number of hydrogen-bond acceptors (Lipinski definition) is 4. The molecule has 0 bridgehead atoms. The third-order valence-corrected chi connectivity index (χ3v) is 2.03. The van der Waals surface area contributed by atoms with Crippen molar-refractivity contribution in [2.24, 2.45) is 0 Å². The van der Waals surface area contributed by atoms with Gasteiger partial charge in [-0.2, -0.15) is 0 Å². The fourth-order valence-electron chi connectivity index (χ4n) is 1.24. The second-order valence-corrected chi connectivity index (χ2v) is 4.61. The van der Waals surface area contributed by atoms with Crippen LogP contribution in [0.25, 0.3) is 0 Å². The van der Waals surface area contributed by atoms with Crippen LogP contribution in [0.5, 0.6) is 5.88 Å². The highest BCUT2D eigenvalue weighted by Gasteiger charge is 2.08. The van der Waals surface area contributed by atoms with E-state index in [1.165, 1.54) is 17.9 Å². The molecule has 0 saturated carbocycles. The van der Waals surface area contributed by atoms with E-state index in [2.05, 4.69) is 31.2 Å². The monoisotopic (exact) mass is 225 g/mol. The average Bonchev–Trinajstić information content (AvgIpc) is 2.19. The standard InChI is InChI=1S/C11H19N3O2/c1-11(2,3)12-7-8-14-10(15)6-5-9(13-14)16-4/h5-6,12H,7-8H2,1-4H3. The lowest BCUT2D eigenvalue weighted by Crippen LogP contribution is -2.39. The Hall–Kier alpha value is -1.36. The maximum atomic E-state index is 11.5. The Balaban J connectivity index is 2.63. The Labute approximate surface area is 95.4 Å². The zero-order chi connectivity index (χ0) is 12.2. The quantitative estimate of drug-likeness (QED) is 0.817. The summed E-state index contributed by atoms with van der Waals surface area (Å²) in [6.07, 6.45) is 0. The summed E-state index contributed by atoms with van der Waals surface area (Å²) < 4.78 is 6.37. The number of rotatable bonds is 4. The van der Waals surface area contributed by atoms with Crippen molar-refractivity contribution < 1.29 is 4.74 Å². The Morgan fingerprint density at radius 2 is 2.12 bits per heavy atom. The first kappa shape index (κ1) is 12.7. The van der Waals surface area contributed by atoms with E-state index in [1.807, 2.05) is 0 Å². The van der Waals surface area contributed by atoms with Crippen LogP contribution in [-0.4, -0.2) is 29.0 Å². The lowest BCUT2D eigenvalue weighted by atomic mass is 10.1. The molecule has 1 N–H and O–H groups in total. The van der Waals surface area contributed by atoms with Gasteiger partial charge in [-0.15, -0.1) is 5.10 Å². The van der Waals surface area contributed by atoms with Gasteiger partial charge in [0.1, 0.15) is 0 Å². The highest BCUT2D eigenvalue weighted by atomic mass is 16.5. The summed E-state index contributed by atoms with van der Waals surface area (Å²) in [5, 5.41) is 7.35. The molecule has 5 nitrogen and oxygen atoms in total. The van der Waals surface area contributed by atoms with E-state index in [-0.39, 0.29) is 11.1 Å². The molecule has 0 radical (unpaired) electrons. The number of aromatic nitrogens is 2. The van der Waals surface area contributed by atoms with Crippen LogP contribution in [0.4, 0.5) is 0 Å². The molecule has 0 aliphatic rings. The molecule has 0 unspecified atom stereocenters. The summed E-state index contributed by atoms with van der Waals surface area (Å²) in [6.45, 7) is 7.47. The molecule has 5 heteroatoms. The lowest BCUT2D eigenvalue weighted by Gasteiger charge is -2.20. The van der Waals surface area contributed by atoms with Crippen LogP contribution in [-0.2, 0) is 6.54 Å². The summed E-state index contributed by atoms with van der Waals surface area (Å²) in [6, 6.07) is 3.03. The second kappa shape index (κ2) is 5.12. The predicted molar refractivity (Wildman–Crippen MR) is 62.8 cm³/mol. The maximum Gasteiger partial charge on any atom is 0.267 e. The van der Waals surface area contributed by atoms with E-state index in [9.17, 15) is 4.79 Å². The van der Waals surface area contributed by atoms with Gasteiger partial charge < -0.3 is 10.1 Å². The number of methoxy groups -OCH3 is 1. The molecule has 0 saturated heterocycles. The van der Waals surface area contributed by atoms with Crippen LogP contribution >= 0.6 is 0 Å². The molecule has 0 aliphatic heterocycles. The van der Waals surface area contributed by atoms with Crippen LogP contribution in [0.1, 0.15) is 20.8 Å². The molecule has 1 aromatic rings. The zero-order valence-electron chi connectivity index (χ0n) is 10.3. The second-order valence-electron chi connectivity index (χ2n) is 4.61.